The van der Waals surface area contributed by atoms with Crippen molar-refractivity contribution >= 4 is 29.3 Å². The van der Waals surface area contributed by atoms with Gasteiger partial charge in [-0.3, -0.25) is 19.4 Å². The van der Waals surface area contributed by atoms with Crippen LogP contribution in [-0.4, -0.2) is 41.5 Å². The molecule has 1 aromatic heterocycles. The molecule has 10 heteroatoms. The zero-order valence-corrected chi connectivity index (χ0v) is 18.8. The normalized spacial score (nSPS) is 18.2. The third-order valence-electron chi connectivity index (χ3n) is 6.49. The van der Waals surface area contributed by atoms with Crippen LogP contribution in [0.1, 0.15) is 29.0 Å². The summed E-state index contributed by atoms with van der Waals surface area (Å²) in [6.45, 7) is 2.17. The Bertz CT molecular complexity index is 1400. The molecule has 10 nitrogen and oxygen atoms in total. The van der Waals surface area contributed by atoms with Gasteiger partial charge < -0.3 is 25.0 Å². The Kier molecular flexibility index (Phi) is 5.13. The Balaban J connectivity index is 1.27. The van der Waals surface area contributed by atoms with Crippen molar-refractivity contribution in [1.82, 2.24) is 9.97 Å². The predicted molar refractivity (Wildman–Crippen MR) is 128 cm³/mol. The first-order valence-corrected chi connectivity index (χ1v) is 11.5. The minimum atomic E-state index is -0.973. The number of fused-ring (bicyclic) bond motifs is 3. The van der Waals surface area contributed by atoms with Gasteiger partial charge in [0.1, 0.15) is 19.0 Å². The number of aromatic amines is 1. The lowest BCUT2D eigenvalue weighted by Crippen LogP contribution is -2.38. The summed E-state index contributed by atoms with van der Waals surface area (Å²) < 4.78 is 11.1. The van der Waals surface area contributed by atoms with Crippen LogP contribution in [0.3, 0.4) is 0 Å². The third-order valence-corrected chi connectivity index (χ3v) is 6.49. The Morgan fingerprint density at radius 2 is 1.86 bits per heavy atom. The van der Waals surface area contributed by atoms with Crippen molar-refractivity contribution in [3.63, 3.8) is 0 Å². The smallest absolute Gasteiger partial charge is 0.258 e. The van der Waals surface area contributed by atoms with Gasteiger partial charge in [0.05, 0.1) is 11.5 Å². The lowest BCUT2D eigenvalue weighted by molar-refractivity contribution is -0.123. The van der Waals surface area contributed by atoms with E-state index < -0.39 is 17.4 Å². The lowest BCUT2D eigenvalue weighted by atomic mass is 9.92. The molecule has 178 valence electrons. The van der Waals surface area contributed by atoms with Gasteiger partial charge in [-0.1, -0.05) is 24.3 Å². The second-order valence-electron chi connectivity index (χ2n) is 8.74. The fourth-order valence-electron chi connectivity index (χ4n) is 4.76. The SMILES string of the molecule is O=C1C[C@H](C(=O)Nc2ccc3c(c2)OCCO3)c2c(nc(N3CCc4ccccc4C3)[nH]c2=O)N1. The number of carbonyl (C=O) groups excluding carboxylic acids is 2. The summed E-state index contributed by atoms with van der Waals surface area (Å²) in [6, 6.07) is 13.2. The van der Waals surface area contributed by atoms with E-state index in [1.54, 1.807) is 18.2 Å². The summed E-state index contributed by atoms with van der Waals surface area (Å²) in [4.78, 5) is 48.1. The number of hydrogen-bond acceptors (Lipinski definition) is 7. The summed E-state index contributed by atoms with van der Waals surface area (Å²) in [6.07, 6.45) is 0.675. The molecule has 0 saturated heterocycles. The van der Waals surface area contributed by atoms with Gasteiger partial charge in [0.2, 0.25) is 17.8 Å². The van der Waals surface area contributed by atoms with E-state index in [1.165, 1.54) is 11.1 Å². The number of rotatable bonds is 3. The van der Waals surface area contributed by atoms with Gasteiger partial charge in [-0.2, -0.15) is 4.98 Å². The van der Waals surface area contributed by atoms with Crippen LogP contribution in [0.2, 0.25) is 0 Å². The number of amides is 2. The number of benzene rings is 2. The number of nitrogens with one attached hydrogen (secondary N) is 3. The zero-order valence-electron chi connectivity index (χ0n) is 18.8. The van der Waals surface area contributed by atoms with Crippen molar-refractivity contribution in [3.05, 3.63) is 69.5 Å². The number of nitrogens with zero attached hydrogens (tertiary/aromatic N) is 2. The number of aromatic nitrogens is 2. The average molecular weight is 473 g/mol. The highest BCUT2D eigenvalue weighted by Crippen LogP contribution is 2.34. The van der Waals surface area contributed by atoms with Crippen molar-refractivity contribution in [2.75, 3.05) is 35.3 Å². The Morgan fingerprint density at radius 1 is 1.06 bits per heavy atom. The van der Waals surface area contributed by atoms with Gasteiger partial charge in [-0.15, -0.1) is 0 Å². The molecule has 0 radical (unpaired) electrons. The molecule has 0 saturated carbocycles. The van der Waals surface area contributed by atoms with Gasteiger partial charge in [0.15, 0.2) is 11.5 Å². The summed E-state index contributed by atoms with van der Waals surface area (Å²) in [7, 11) is 0. The molecule has 0 aliphatic carbocycles. The van der Waals surface area contributed by atoms with E-state index in [0.29, 0.717) is 49.4 Å². The standard InChI is InChI=1S/C25H23N5O5/c31-20-12-17(23(32)26-16-5-6-18-19(11-16)35-10-9-34-18)21-22(27-20)28-25(29-24(21)33)30-8-7-14-3-1-2-4-15(14)13-30/h1-6,11,17H,7-10,12-13H2,(H,26,32)(H2,27,28,29,31,33)/t17-/m0/s1. The van der Waals surface area contributed by atoms with Crippen molar-refractivity contribution in [1.29, 1.82) is 0 Å². The van der Waals surface area contributed by atoms with E-state index in [4.69, 9.17) is 9.47 Å². The van der Waals surface area contributed by atoms with Crippen LogP contribution in [-0.2, 0) is 22.6 Å². The molecule has 3 aliphatic heterocycles. The first-order valence-electron chi connectivity index (χ1n) is 11.5. The largest absolute Gasteiger partial charge is 0.486 e. The maximum atomic E-state index is 13.2. The van der Waals surface area contributed by atoms with Crippen molar-refractivity contribution in [3.8, 4) is 11.5 Å². The van der Waals surface area contributed by atoms with Crippen molar-refractivity contribution in [2.24, 2.45) is 0 Å². The first kappa shape index (κ1) is 21.2. The fraction of sp³-hybridized carbons (Fsp3) is 0.280. The zero-order chi connectivity index (χ0) is 23.9. The van der Waals surface area contributed by atoms with E-state index >= 15 is 0 Å². The van der Waals surface area contributed by atoms with E-state index in [2.05, 4.69) is 32.7 Å². The molecule has 3 aliphatic rings. The maximum Gasteiger partial charge on any atom is 0.258 e. The minimum Gasteiger partial charge on any atom is -0.486 e. The molecule has 0 fully saturated rings. The third kappa shape index (κ3) is 3.96. The first-order chi connectivity index (χ1) is 17.0. The molecule has 6 rings (SSSR count). The maximum absolute atomic E-state index is 13.2. The van der Waals surface area contributed by atoms with E-state index in [-0.39, 0.29) is 23.7 Å². The van der Waals surface area contributed by atoms with Gasteiger partial charge in [-0.05, 0) is 29.7 Å². The summed E-state index contributed by atoms with van der Waals surface area (Å²) >= 11 is 0. The highest BCUT2D eigenvalue weighted by Gasteiger charge is 2.35. The van der Waals surface area contributed by atoms with E-state index in [9.17, 15) is 14.4 Å². The summed E-state index contributed by atoms with van der Waals surface area (Å²) in [5.41, 5.74) is 2.64. The van der Waals surface area contributed by atoms with Gasteiger partial charge in [-0.25, -0.2) is 0 Å². The van der Waals surface area contributed by atoms with Gasteiger partial charge in [0, 0.05) is 31.3 Å². The molecule has 2 aromatic carbocycles. The predicted octanol–water partition coefficient (Wildman–Crippen LogP) is 2.17. The highest BCUT2D eigenvalue weighted by molar-refractivity contribution is 6.04. The van der Waals surface area contributed by atoms with Crippen LogP contribution in [0, 0.1) is 0 Å². The topological polar surface area (TPSA) is 126 Å². The molecule has 4 heterocycles. The minimum absolute atomic E-state index is 0.126. The van der Waals surface area contributed by atoms with E-state index in [1.807, 2.05) is 17.0 Å². The second kappa shape index (κ2) is 8.46. The molecule has 0 spiro atoms. The van der Waals surface area contributed by atoms with Crippen molar-refractivity contribution in [2.45, 2.75) is 25.3 Å². The number of ether oxygens (including phenoxy) is 2. The molecule has 1 atom stereocenters. The van der Waals surface area contributed by atoms with E-state index in [0.717, 1.165) is 6.42 Å². The average Bonchev–Trinajstić information content (AvgIpc) is 2.87. The monoisotopic (exact) mass is 473 g/mol. The van der Waals surface area contributed by atoms with Crippen LogP contribution >= 0.6 is 0 Å². The molecule has 3 aromatic rings. The molecule has 3 N–H and O–H groups in total. The molecular weight excluding hydrogens is 450 g/mol. The lowest BCUT2D eigenvalue weighted by Gasteiger charge is -2.30. The molecule has 35 heavy (non-hydrogen) atoms. The van der Waals surface area contributed by atoms with Crippen LogP contribution < -0.4 is 30.6 Å². The van der Waals surface area contributed by atoms with Gasteiger partial charge >= 0.3 is 0 Å². The Labute approximate surface area is 200 Å². The summed E-state index contributed by atoms with van der Waals surface area (Å²) in [5, 5.41) is 5.47. The number of carbonyl (C=O) groups is 2. The molecule has 0 unspecified atom stereocenters. The quantitative estimate of drug-likeness (QED) is 0.532. The van der Waals surface area contributed by atoms with Crippen LogP contribution in [0.4, 0.5) is 17.5 Å². The molecule has 2 amide bonds. The number of anilines is 3. The van der Waals surface area contributed by atoms with Crippen molar-refractivity contribution < 1.29 is 19.1 Å². The second-order valence-corrected chi connectivity index (χ2v) is 8.74. The van der Waals surface area contributed by atoms with Gasteiger partial charge in [0.25, 0.3) is 5.56 Å². The molecule has 0 bridgehead atoms. The van der Waals surface area contributed by atoms with Crippen LogP contribution in [0.5, 0.6) is 11.5 Å². The Morgan fingerprint density at radius 3 is 2.71 bits per heavy atom. The van der Waals surface area contributed by atoms with Crippen LogP contribution in [0.25, 0.3) is 0 Å². The number of H-pyrrole nitrogens is 1. The Hall–Kier alpha value is -4.34. The van der Waals surface area contributed by atoms with Crippen LogP contribution in [0.15, 0.2) is 47.3 Å². The fourth-order valence-corrected chi connectivity index (χ4v) is 4.76. The molecular formula is C25H23N5O5. The number of hydrogen-bond donors (Lipinski definition) is 3. The summed E-state index contributed by atoms with van der Waals surface area (Å²) in [5.74, 6) is -0.178. The highest BCUT2D eigenvalue weighted by atomic mass is 16.6.